The van der Waals surface area contributed by atoms with Gasteiger partial charge in [-0.2, -0.15) is 0 Å². The van der Waals surface area contributed by atoms with E-state index in [-0.39, 0.29) is 25.4 Å². The number of nitrogens with one attached hydrogen (secondary N) is 1. The molecule has 0 saturated heterocycles. The fraction of sp³-hybridized carbons (Fsp3) is 0.333. The van der Waals surface area contributed by atoms with E-state index in [1.165, 1.54) is 17.0 Å². The highest BCUT2D eigenvalue weighted by atomic mass is 35.5. The number of carbonyl (C=O) groups is 2. The van der Waals surface area contributed by atoms with E-state index in [0.717, 1.165) is 16.1 Å². The highest BCUT2D eigenvalue weighted by molar-refractivity contribution is 7.92. The van der Waals surface area contributed by atoms with Crippen molar-refractivity contribution in [3.05, 3.63) is 87.9 Å². The molecule has 1 atom stereocenters. The van der Waals surface area contributed by atoms with Gasteiger partial charge in [-0.3, -0.25) is 13.9 Å². The topological polar surface area (TPSA) is 105 Å². The van der Waals surface area contributed by atoms with Gasteiger partial charge in [-0.25, -0.2) is 8.42 Å². The van der Waals surface area contributed by atoms with Gasteiger partial charge < -0.3 is 19.7 Å². The van der Waals surface area contributed by atoms with Crippen LogP contribution >= 0.6 is 23.2 Å². The van der Waals surface area contributed by atoms with Gasteiger partial charge in [0.1, 0.15) is 12.6 Å². The van der Waals surface area contributed by atoms with Crippen LogP contribution in [0.2, 0.25) is 10.0 Å². The lowest BCUT2D eigenvalue weighted by atomic mass is 10.0. The van der Waals surface area contributed by atoms with Crippen molar-refractivity contribution in [1.29, 1.82) is 0 Å². The van der Waals surface area contributed by atoms with Crippen LogP contribution in [-0.4, -0.2) is 56.3 Å². The summed E-state index contributed by atoms with van der Waals surface area (Å²) in [5.41, 5.74) is 0.855. The molecular weight excluding hydrogens is 601 g/mol. The smallest absolute Gasteiger partial charge is 0.244 e. The lowest BCUT2D eigenvalue weighted by Crippen LogP contribution is -2.56. The minimum atomic E-state index is -3.95. The van der Waals surface area contributed by atoms with Crippen LogP contribution in [-0.2, 0) is 32.6 Å². The van der Waals surface area contributed by atoms with Crippen LogP contribution in [0.25, 0.3) is 0 Å². The average molecular weight is 635 g/mol. The van der Waals surface area contributed by atoms with Crippen molar-refractivity contribution in [2.45, 2.75) is 45.3 Å². The second kappa shape index (κ2) is 12.8. The zero-order valence-corrected chi connectivity index (χ0v) is 26.1. The molecule has 0 fully saturated rings. The summed E-state index contributed by atoms with van der Waals surface area (Å²) in [5, 5.41) is 3.59. The molecule has 9 nitrogen and oxygen atoms in total. The SMILES string of the molecule is CC(C)(C)NC(=O)C(Cc1ccccc1)N(Cc1c(Cl)cccc1Cl)C(=O)CN(c1ccc2c(c1)OCO2)S(C)(=O)=O. The molecule has 1 heterocycles. The van der Waals surface area contributed by atoms with E-state index < -0.39 is 40.0 Å². The van der Waals surface area contributed by atoms with Gasteiger partial charge in [0.2, 0.25) is 28.6 Å². The third-order valence-corrected chi connectivity index (χ3v) is 8.33. The van der Waals surface area contributed by atoms with Crippen molar-refractivity contribution in [1.82, 2.24) is 10.2 Å². The van der Waals surface area contributed by atoms with E-state index in [2.05, 4.69) is 5.32 Å². The molecule has 1 unspecified atom stereocenters. The minimum Gasteiger partial charge on any atom is -0.454 e. The fourth-order valence-electron chi connectivity index (χ4n) is 4.51. The summed E-state index contributed by atoms with van der Waals surface area (Å²) in [4.78, 5) is 29.4. The van der Waals surface area contributed by atoms with Crippen LogP contribution in [0.5, 0.6) is 11.5 Å². The van der Waals surface area contributed by atoms with Crippen molar-refractivity contribution in [3.8, 4) is 11.5 Å². The number of hydrogen-bond acceptors (Lipinski definition) is 6. The summed E-state index contributed by atoms with van der Waals surface area (Å²) in [6, 6.07) is 17.8. The molecular formula is C30H33Cl2N3O6S. The quantitative estimate of drug-likeness (QED) is 0.335. The van der Waals surface area contributed by atoms with Crippen LogP contribution in [0.1, 0.15) is 31.9 Å². The molecule has 42 heavy (non-hydrogen) atoms. The molecule has 0 saturated carbocycles. The highest BCUT2D eigenvalue weighted by Gasteiger charge is 2.35. The van der Waals surface area contributed by atoms with E-state index in [9.17, 15) is 18.0 Å². The Morgan fingerprint density at radius 3 is 2.21 bits per heavy atom. The molecule has 3 aromatic rings. The first kappa shape index (κ1) is 31.5. The minimum absolute atomic E-state index is 0.00696. The number of benzene rings is 3. The Hall–Kier alpha value is -3.47. The predicted octanol–water partition coefficient (Wildman–Crippen LogP) is 5.04. The van der Waals surface area contributed by atoms with E-state index in [0.29, 0.717) is 27.1 Å². The fourth-order valence-corrected chi connectivity index (χ4v) is 5.87. The molecule has 1 aliphatic heterocycles. The summed E-state index contributed by atoms with van der Waals surface area (Å²) in [5.74, 6) is -0.203. The van der Waals surface area contributed by atoms with Crippen LogP contribution in [0.15, 0.2) is 66.7 Å². The summed E-state index contributed by atoms with van der Waals surface area (Å²) in [6.45, 7) is 4.80. The standard InChI is InChI=1S/C30H33Cl2N3O6S/c1-30(2,3)33-29(37)25(15-20-9-6-5-7-10-20)34(17-22-23(31)11-8-12-24(22)32)28(36)18-35(42(4,38)39)21-13-14-26-27(16-21)41-19-40-26/h5-14,16,25H,15,17-19H2,1-4H3,(H,33,37). The van der Waals surface area contributed by atoms with Gasteiger partial charge in [0, 0.05) is 40.2 Å². The number of carbonyl (C=O) groups excluding carboxylic acids is 2. The Bertz CT molecular complexity index is 1540. The molecule has 0 aromatic heterocycles. The van der Waals surface area contributed by atoms with Crippen LogP contribution in [0.3, 0.4) is 0 Å². The van der Waals surface area contributed by atoms with Gasteiger partial charge in [0.25, 0.3) is 0 Å². The number of sulfonamides is 1. The van der Waals surface area contributed by atoms with Crippen molar-refractivity contribution in [3.63, 3.8) is 0 Å². The van der Waals surface area contributed by atoms with E-state index in [1.54, 1.807) is 24.3 Å². The first-order valence-corrected chi connectivity index (χ1v) is 15.8. The number of hydrogen-bond donors (Lipinski definition) is 1. The van der Waals surface area contributed by atoms with Gasteiger partial charge in [-0.1, -0.05) is 59.6 Å². The lowest BCUT2D eigenvalue weighted by Gasteiger charge is -2.35. The molecule has 2 amide bonds. The number of amides is 2. The van der Waals surface area contributed by atoms with Crippen molar-refractivity contribution < 1.29 is 27.5 Å². The summed E-state index contributed by atoms with van der Waals surface area (Å²) >= 11 is 13.0. The first-order chi connectivity index (χ1) is 19.7. The molecule has 1 aliphatic rings. The lowest BCUT2D eigenvalue weighted by molar-refractivity contribution is -0.140. The number of anilines is 1. The van der Waals surface area contributed by atoms with Gasteiger partial charge in [0.05, 0.1) is 11.9 Å². The Morgan fingerprint density at radius 2 is 1.60 bits per heavy atom. The summed E-state index contributed by atoms with van der Waals surface area (Å²) in [7, 11) is -3.95. The Morgan fingerprint density at radius 1 is 0.952 bits per heavy atom. The van der Waals surface area contributed by atoms with Gasteiger partial charge in [-0.05, 0) is 50.6 Å². The van der Waals surface area contributed by atoms with Gasteiger partial charge in [-0.15, -0.1) is 0 Å². The number of halogens is 2. The summed E-state index contributed by atoms with van der Waals surface area (Å²) in [6.07, 6.45) is 1.17. The maximum Gasteiger partial charge on any atom is 0.244 e. The molecule has 0 aliphatic carbocycles. The maximum atomic E-state index is 14.2. The normalized spacial score (nSPS) is 13.4. The van der Waals surface area contributed by atoms with E-state index >= 15 is 0 Å². The third kappa shape index (κ3) is 7.87. The molecule has 4 rings (SSSR count). The Kier molecular flexibility index (Phi) is 9.60. The van der Waals surface area contributed by atoms with Crippen LogP contribution in [0, 0.1) is 0 Å². The maximum absolute atomic E-state index is 14.2. The molecule has 0 spiro atoms. The first-order valence-electron chi connectivity index (χ1n) is 13.2. The monoisotopic (exact) mass is 633 g/mol. The number of nitrogens with zero attached hydrogens (tertiary/aromatic N) is 2. The van der Waals surface area contributed by atoms with Crippen molar-refractivity contribution in [2.75, 3.05) is 23.9 Å². The van der Waals surface area contributed by atoms with E-state index in [4.69, 9.17) is 32.7 Å². The Labute approximate surface area is 256 Å². The largest absolute Gasteiger partial charge is 0.454 e. The second-order valence-electron chi connectivity index (χ2n) is 11.0. The summed E-state index contributed by atoms with van der Waals surface area (Å²) < 4.78 is 37.7. The molecule has 224 valence electrons. The molecule has 3 aromatic carbocycles. The number of rotatable bonds is 10. The second-order valence-corrected chi connectivity index (χ2v) is 13.7. The zero-order chi connectivity index (χ0) is 30.7. The van der Waals surface area contributed by atoms with Gasteiger partial charge in [0.15, 0.2) is 11.5 Å². The highest BCUT2D eigenvalue weighted by Crippen LogP contribution is 2.36. The third-order valence-electron chi connectivity index (χ3n) is 6.48. The predicted molar refractivity (Wildman–Crippen MR) is 164 cm³/mol. The van der Waals surface area contributed by atoms with Crippen LogP contribution < -0.4 is 19.1 Å². The number of fused-ring (bicyclic) bond motifs is 1. The van der Waals surface area contributed by atoms with Crippen molar-refractivity contribution >= 4 is 50.7 Å². The molecule has 12 heteroatoms. The van der Waals surface area contributed by atoms with Gasteiger partial charge >= 0.3 is 0 Å². The van der Waals surface area contributed by atoms with Crippen LogP contribution in [0.4, 0.5) is 5.69 Å². The van der Waals surface area contributed by atoms with Crippen molar-refractivity contribution in [2.24, 2.45) is 0 Å². The molecule has 1 N–H and O–H groups in total. The average Bonchev–Trinajstić information content (AvgIpc) is 3.37. The molecule has 0 bridgehead atoms. The number of ether oxygens (including phenoxy) is 2. The van der Waals surface area contributed by atoms with E-state index in [1.807, 2.05) is 51.1 Å². The Balaban J connectivity index is 1.78. The zero-order valence-electron chi connectivity index (χ0n) is 23.8. The molecule has 0 radical (unpaired) electrons.